The molecule has 0 fully saturated rings. The van der Waals surface area contributed by atoms with Crippen LogP contribution in [-0.2, 0) is 4.79 Å². The van der Waals surface area contributed by atoms with Gasteiger partial charge in [0, 0.05) is 0 Å². The predicted molar refractivity (Wildman–Crippen MR) is 49.0 cm³/mol. The van der Waals surface area contributed by atoms with Crippen molar-refractivity contribution in [2.24, 2.45) is 0 Å². The third-order valence-corrected chi connectivity index (χ3v) is 2.33. The molecule has 0 saturated heterocycles. The number of aliphatic hydroxyl groups excluding tert-OH is 1. The molecule has 0 saturated carbocycles. The molecule has 1 unspecified atom stereocenters. The molecule has 0 radical (unpaired) electrons. The van der Waals surface area contributed by atoms with Gasteiger partial charge in [-0.15, -0.1) is 0 Å². The molecule has 14 heavy (non-hydrogen) atoms. The number of rotatable bonds is 2. The second-order valence-electron chi connectivity index (χ2n) is 2.54. The Labute approximate surface area is 88.7 Å². The van der Waals surface area contributed by atoms with E-state index < -0.39 is 17.9 Å². The van der Waals surface area contributed by atoms with Crippen molar-refractivity contribution in [1.82, 2.24) is 0 Å². The Hall–Kier alpha value is -0.840. The van der Waals surface area contributed by atoms with Gasteiger partial charge in [0.25, 0.3) is 0 Å². The van der Waals surface area contributed by atoms with E-state index in [1.165, 1.54) is 0 Å². The van der Waals surface area contributed by atoms with Gasteiger partial charge in [-0.3, -0.25) is 0 Å². The van der Waals surface area contributed by atoms with Crippen molar-refractivity contribution in [3.8, 4) is 0 Å². The van der Waals surface area contributed by atoms with Crippen molar-refractivity contribution in [2.75, 3.05) is 0 Å². The lowest BCUT2D eigenvalue weighted by Gasteiger charge is -2.07. The van der Waals surface area contributed by atoms with Crippen LogP contribution in [0.25, 0.3) is 0 Å². The van der Waals surface area contributed by atoms with Crippen LogP contribution in [0.5, 0.6) is 0 Å². The molecule has 76 valence electrons. The van der Waals surface area contributed by atoms with Crippen LogP contribution in [0.1, 0.15) is 11.7 Å². The Balaban J connectivity index is 3.19. The first kappa shape index (κ1) is 11.2. The number of hydrogen-bond donors (Lipinski definition) is 2. The van der Waals surface area contributed by atoms with Crippen LogP contribution in [0.3, 0.4) is 0 Å². The fourth-order valence-corrected chi connectivity index (χ4v) is 1.20. The zero-order chi connectivity index (χ0) is 10.9. The van der Waals surface area contributed by atoms with E-state index in [2.05, 4.69) is 0 Å². The highest BCUT2D eigenvalue weighted by atomic mass is 35.5. The van der Waals surface area contributed by atoms with E-state index >= 15 is 0 Å². The van der Waals surface area contributed by atoms with Crippen LogP contribution in [0.15, 0.2) is 12.1 Å². The maximum atomic E-state index is 12.9. The second kappa shape index (κ2) is 4.13. The number of benzene rings is 1. The highest BCUT2D eigenvalue weighted by molar-refractivity contribution is 6.42. The van der Waals surface area contributed by atoms with Crippen LogP contribution in [0.2, 0.25) is 10.0 Å². The molecule has 0 aliphatic carbocycles. The number of carbonyl (C=O) groups is 1. The van der Waals surface area contributed by atoms with E-state index in [0.717, 1.165) is 12.1 Å². The van der Waals surface area contributed by atoms with Crippen molar-refractivity contribution < 1.29 is 19.4 Å². The molecule has 0 amide bonds. The normalized spacial score (nSPS) is 12.6. The van der Waals surface area contributed by atoms with E-state index in [1.807, 2.05) is 0 Å². The minimum Gasteiger partial charge on any atom is -0.479 e. The number of carboxylic acid groups (broad SMARTS) is 1. The summed E-state index contributed by atoms with van der Waals surface area (Å²) in [6, 6.07) is 1.93. The van der Waals surface area contributed by atoms with Crippen molar-refractivity contribution in [3.63, 3.8) is 0 Å². The second-order valence-corrected chi connectivity index (χ2v) is 3.32. The topological polar surface area (TPSA) is 57.5 Å². The van der Waals surface area contributed by atoms with E-state index in [-0.39, 0.29) is 15.6 Å². The number of aliphatic hydroxyl groups is 1. The van der Waals surface area contributed by atoms with Crippen LogP contribution in [0, 0.1) is 5.82 Å². The average Bonchev–Trinajstić information content (AvgIpc) is 2.12. The molecular formula is C8H5Cl2FO3. The lowest BCUT2D eigenvalue weighted by Crippen LogP contribution is -2.10. The maximum Gasteiger partial charge on any atom is 0.337 e. The summed E-state index contributed by atoms with van der Waals surface area (Å²) in [4.78, 5) is 10.4. The van der Waals surface area contributed by atoms with Crippen molar-refractivity contribution in [3.05, 3.63) is 33.6 Å². The van der Waals surface area contributed by atoms with Crippen LogP contribution < -0.4 is 0 Å². The Kier molecular flexibility index (Phi) is 3.31. The largest absolute Gasteiger partial charge is 0.479 e. The van der Waals surface area contributed by atoms with Crippen LogP contribution in [0.4, 0.5) is 4.39 Å². The van der Waals surface area contributed by atoms with Gasteiger partial charge < -0.3 is 10.2 Å². The molecule has 0 bridgehead atoms. The molecule has 0 spiro atoms. The third kappa shape index (κ3) is 2.15. The Morgan fingerprint density at radius 2 is 2.00 bits per heavy atom. The number of carboxylic acids is 1. The lowest BCUT2D eigenvalue weighted by atomic mass is 10.1. The summed E-state index contributed by atoms with van der Waals surface area (Å²) in [6.07, 6.45) is -1.81. The van der Waals surface area contributed by atoms with E-state index in [4.69, 9.17) is 33.4 Å². The Bertz CT molecular complexity index is 358. The van der Waals surface area contributed by atoms with Gasteiger partial charge in [-0.05, 0) is 17.7 Å². The maximum absolute atomic E-state index is 12.9. The first-order valence-electron chi connectivity index (χ1n) is 3.48. The van der Waals surface area contributed by atoms with E-state index in [0.29, 0.717) is 0 Å². The molecule has 1 rings (SSSR count). The Morgan fingerprint density at radius 1 is 1.43 bits per heavy atom. The monoisotopic (exact) mass is 238 g/mol. The molecule has 0 heterocycles. The van der Waals surface area contributed by atoms with Gasteiger partial charge in [0.05, 0.1) is 10.0 Å². The molecule has 1 atom stereocenters. The molecule has 6 heteroatoms. The van der Waals surface area contributed by atoms with E-state index in [1.54, 1.807) is 0 Å². The highest BCUT2D eigenvalue weighted by Gasteiger charge is 2.18. The van der Waals surface area contributed by atoms with Crippen molar-refractivity contribution >= 4 is 29.2 Å². The van der Waals surface area contributed by atoms with Crippen LogP contribution >= 0.6 is 23.2 Å². The van der Waals surface area contributed by atoms with Crippen molar-refractivity contribution in [1.29, 1.82) is 0 Å². The summed E-state index contributed by atoms with van der Waals surface area (Å²) in [7, 11) is 0. The molecular weight excluding hydrogens is 234 g/mol. The third-order valence-electron chi connectivity index (χ3n) is 1.56. The van der Waals surface area contributed by atoms with Gasteiger partial charge in [-0.25, -0.2) is 9.18 Å². The molecule has 2 N–H and O–H groups in total. The molecule has 0 aliphatic heterocycles. The SMILES string of the molecule is O=C(O)C(O)c1cc(F)c(Cl)c(Cl)c1. The molecule has 3 nitrogen and oxygen atoms in total. The molecule has 1 aromatic carbocycles. The zero-order valence-corrected chi connectivity index (χ0v) is 8.18. The van der Waals surface area contributed by atoms with Gasteiger partial charge in [-0.2, -0.15) is 0 Å². The number of halogens is 3. The average molecular weight is 239 g/mol. The van der Waals surface area contributed by atoms with E-state index in [9.17, 15) is 9.18 Å². The first-order valence-corrected chi connectivity index (χ1v) is 4.24. The minimum atomic E-state index is -1.81. The zero-order valence-electron chi connectivity index (χ0n) is 6.67. The molecule has 1 aromatic rings. The molecule has 0 aromatic heterocycles. The highest BCUT2D eigenvalue weighted by Crippen LogP contribution is 2.28. The van der Waals surface area contributed by atoms with Gasteiger partial charge in [-0.1, -0.05) is 23.2 Å². The summed E-state index contributed by atoms with van der Waals surface area (Å²) in [5.41, 5.74) is -0.149. The summed E-state index contributed by atoms with van der Waals surface area (Å²) in [5, 5.41) is 17.1. The fraction of sp³-hybridized carbons (Fsp3) is 0.125. The fourth-order valence-electron chi connectivity index (χ4n) is 0.876. The summed E-state index contributed by atoms with van der Waals surface area (Å²) in [5.74, 6) is -2.35. The summed E-state index contributed by atoms with van der Waals surface area (Å²) >= 11 is 10.9. The summed E-state index contributed by atoms with van der Waals surface area (Å²) in [6.45, 7) is 0. The van der Waals surface area contributed by atoms with Crippen LogP contribution in [-0.4, -0.2) is 16.2 Å². The molecule has 0 aliphatic rings. The number of hydrogen-bond acceptors (Lipinski definition) is 2. The first-order chi connectivity index (χ1) is 6.43. The minimum absolute atomic E-state index is 0.137. The smallest absolute Gasteiger partial charge is 0.337 e. The summed E-state index contributed by atoms with van der Waals surface area (Å²) < 4.78 is 12.9. The lowest BCUT2D eigenvalue weighted by molar-refractivity contribution is -0.146. The van der Waals surface area contributed by atoms with Gasteiger partial charge in [0.2, 0.25) is 0 Å². The van der Waals surface area contributed by atoms with Gasteiger partial charge in [0.1, 0.15) is 5.82 Å². The predicted octanol–water partition coefficient (Wildman–Crippen LogP) is 2.25. The number of aliphatic carboxylic acids is 1. The van der Waals surface area contributed by atoms with Crippen molar-refractivity contribution in [2.45, 2.75) is 6.10 Å². The van der Waals surface area contributed by atoms with Gasteiger partial charge >= 0.3 is 5.97 Å². The van der Waals surface area contributed by atoms with Gasteiger partial charge in [0.15, 0.2) is 6.10 Å². The Morgan fingerprint density at radius 3 is 2.43 bits per heavy atom. The quantitative estimate of drug-likeness (QED) is 0.778. The standard InChI is InChI=1S/C8H5Cl2FO3/c9-4-1-3(7(12)8(13)14)2-5(11)6(4)10/h1-2,7,12H,(H,13,14).